The Hall–Kier alpha value is -1.42. The molecule has 0 saturated heterocycles. The first-order valence-corrected chi connectivity index (χ1v) is 6.27. The first kappa shape index (κ1) is 14.6. The van der Waals surface area contributed by atoms with Crippen LogP contribution in [0.2, 0.25) is 0 Å². The largest absolute Gasteiger partial charge is 0.493 e. The summed E-state index contributed by atoms with van der Waals surface area (Å²) in [6.07, 6.45) is 1.07. The van der Waals surface area contributed by atoms with Gasteiger partial charge in [0.2, 0.25) is 0 Å². The molecule has 4 heteroatoms. The third-order valence-electron chi connectivity index (χ3n) is 2.51. The van der Waals surface area contributed by atoms with Crippen LogP contribution in [0.15, 0.2) is 18.2 Å². The van der Waals surface area contributed by atoms with Gasteiger partial charge in [-0.3, -0.25) is 0 Å². The molecule has 0 aromatic heterocycles. The van der Waals surface area contributed by atoms with Crippen LogP contribution in [0.25, 0.3) is 0 Å². The average molecular weight is 253 g/mol. The lowest BCUT2D eigenvalue weighted by Gasteiger charge is -2.11. The second-order valence-corrected chi connectivity index (χ2v) is 4.55. The van der Waals surface area contributed by atoms with Gasteiger partial charge >= 0.3 is 0 Å². The van der Waals surface area contributed by atoms with Crippen LogP contribution < -0.4 is 15.2 Å². The fraction of sp³-hybridized carbons (Fsp3) is 0.571. The van der Waals surface area contributed by atoms with Gasteiger partial charge in [0.25, 0.3) is 0 Å². The molecule has 0 amide bonds. The van der Waals surface area contributed by atoms with Crippen molar-refractivity contribution >= 4 is 5.69 Å². The molecule has 0 bridgehead atoms. The van der Waals surface area contributed by atoms with Gasteiger partial charge in [-0.2, -0.15) is 0 Å². The molecule has 0 fully saturated rings. The van der Waals surface area contributed by atoms with Crippen molar-refractivity contribution in [3.63, 3.8) is 0 Å². The first-order valence-electron chi connectivity index (χ1n) is 6.27. The van der Waals surface area contributed by atoms with E-state index in [1.54, 1.807) is 19.2 Å². The lowest BCUT2D eigenvalue weighted by molar-refractivity contribution is 0.0916. The van der Waals surface area contributed by atoms with Gasteiger partial charge in [0.1, 0.15) is 6.61 Å². The van der Waals surface area contributed by atoms with Crippen molar-refractivity contribution in [2.24, 2.45) is 5.92 Å². The molecule has 0 aliphatic heterocycles. The van der Waals surface area contributed by atoms with Crippen LogP contribution in [0.4, 0.5) is 5.69 Å². The lowest BCUT2D eigenvalue weighted by Crippen LogP contribution is -2.09. The summed E-state index contributed by atoms with van der Waals surface area (Å²) in [6.45, 7) is 6.23. The highest BCUT2D eigenvalue weighted by Gasteiger charge is 2.04. The SMILES string of the molecule is COc1cc(N)ccc1OCCOCCC(C)C. The molecule has 0 atom stereocenters. The monoisotopic (exact) mass is 253 g/mol. The molecule has 1 aromatic carbocycles. The van der Waals surface area contributed by atoms with Crippen LogP contribution in [0.5, 0.6) is 11.5 Å². The molecule has 1 aromatic rings. The molecule has 0 aliphatic carbocycles. The van der Waals surface area contributed by atoms with E-state index in [0.29, 0.717) is 36.3 Å². The maximum absolute atomic E-state index is 5.67. The molecule has 0 radical (unpaired) electrons. The summed E-state index contributed by atoms with van der Waals surface area (Å²) >= 11 is 0. The molecule has 102 valence electrons. The third-order valence-corrected chi connectivity index (χ3v) is 2.51. The number of methoxy groups -OCH3 is 1. The zero-order valence-corrected chi connectivity index (χ0v) is 11.4. The molecule has 18 heavy (non-hydrogen) atoms. The highest BCUT2D eigenvalue weighted by Crippen LogP contribution is 2.28. The van der Waals surface area contributed by atoms with Crippen LogP contribution in [0, 0.1) is 5.92 Å². The maximum Gasteiger partial charge on any atom is 0.162 e. The van der Waals surface area contributed by atoms with Gasteiger partial charge in [-0.1, -0.05) is 13.8 Å². The summed E-state index contributed by atoms with van der Waals surface area (Å²) < 4.78 is 16.2. The molecule has 0 heterocycles. The van der Waals surface area contributed by atoms with Crippen LogP contribution in [-0.4, -0.2) is 26.9 Å². The summed E-state index contributed by atoms with van der Waals surface area (Å²) in [6, 6.07) is 5.34. The third kappa shape index (κ3) is 5.27. The highest BCUT2D eigenvalue weighted by molar-refractivity contribution is 5.51. The molecular formula is C14H23NO3. The normalized spacial score (nSPS) is 10.7. The predicted octanol–water partition coefficient (Wildman–Crippen LogP) is 2.72. The lowest BCUT2D eigenvalue weighted by atomic mass is 10.1. The van der Waals surface area contributed by atoms with E-state index in [1.807, 2.05) is 6.07 Å². The number of nitrogens with two attached hydrogens (primary N) is 1. The summed E-state index contributed by atoms with van der Waals surface area (Å²) in [5, 5.41) is 0. The molecule has 4 nitrogen and oxygen atoms in total. The van der Waals surface area contributed by atoms with Gasteiger partial charge in [0, 0.05) is 18.4 Å². The average Bonchev–Trinajstić information content (AvgIpc) is 2.34. The van der Waals surface area contributed by atoms with Crippen LogP contribution in [0.1, 0.15) is 20.3 Å². The van der Waals surface area contributed by atoms with Crippen molar-refractivity contribution in [1.82, 2.24) is 0 Å². The molecule has 0 saturated carbocycles. The number of hydrogen-bond acceptors (Lipinski definition) is 4. The molecule has 0 aliphatic rings. The Balaban J connectivity index is 2.27. The van der Waals surface area contributed by atoms with Gasteiger partial charge in [-0.25, -0.2) is 0 Å². The van der Waals surface area contributed by atoms with Crippen LogP contribution in [0.3, 0.4) is 0 Å². The van der Waals surface area contributed by atoms with E-state index in [9.17, 15) is 0 Å². The predicted molar refractivity (Wildman–Crippen MR) is 73.2 cm³/mol. The van der Waals surface area contributed by atoms with Crippen LogP contribution in [-0.2, 0) is 4.74 Å². The molecule has 2 N–H and O–H groups in total. The van der Waals surface area contributed by atoms with E-state index in [1.165, 1.54) is 0 Å². The minimum Gasteiger partial charge on any atom is -0.493 e. The first-order chi connectivity index (χ1) is 8.63. The van der Waals surface area contributed by atoms with E-state index in [4.69, 9.17) is 19.9 Å². The number of ether oxygens (including phenoxy) is 3. The van der Waals surface area contributed by atoms with E-state index in [0.717, 1.165) is 13.0 Å². The van der Waals surface area contributed by atoms with E-state index >= 15 is 0 Å². The van der Waals surface area contributed by atoms with Crippen molar-refractivity contribution in [2.75, 3.05) is 32.7 Å². The van der Waals surface area contributed by atoms with Gasteiger partial charge in [-0.05, 0) is 24.5 Å². The second kappa shape index (κ2) is 7.82. The number of benzene rings is 1. The van der Waals surface area contributed by atoms with Crippen LogP contribution >= 0.6 is 0 Å². The second-order valence-electron chi connectivity index (χ2n) is 4.55. The number of hydrogen-bond donors (Lipinski definition) is 1. The summed E-state index contributed by atoms with van der Waals surface area (Å²) in [4.78, 5) is 0. The fourth-order valence-corrected chi connectivity index (χ4v) is 1.44. The van der Waals surface area contributed by atoms with Gasteiger partial charge in [-0.15, -0.1) is 0 Å². The fourth-order valence-electron chi connectivity index (χ4n) is 1.44. The Labute approximate surface area is 109 Å². The minimum absolute atomic E-state index is 0.512. The zero-order chi connectivity index (χ0) is 13.4. The Morgan fingerprint density at radius 3 is 2.56 bits per heavy atom. The summed E-state index contributed by atoms with van der Waals surface area (Å²) in [5.74, 6) is 2.01. The van der Waals surface area contributed by atoms with Crippen molar-refractivity contribution in [2.45, 2.75) is 20.3 Å². The molecule has 1 rings (SSSR count). The topological polar surface area (TPSA) is 53.7 Å². The quantitative estimate of drug-likeness (QED) is 0.571. The summed E-state index contributed by atoms with van der Waals surface area (Å²) in [5.41, 5.74) is 6.33. The van der Waals surface area contributed by atoms with E-state index in [2.05, 4.69) is 13.8 Å². The van der Waals surface area contributed by atoms with Gasteiger partial charge in [0.05, 0.1) is 13.7 Å². The standard InChI is InChI=1S/C14H23NO3/c1-11(2)6-7-17-8-9-18-13-5-4-12(15)10-14(13)16-3/h4-5,10-11H,6-9,15H2,1-3H3. The maximum atomic E-state index is 5.67. The van der Waals surface area contributed by atoms with Gasteiger partial charge in [0.15, 0.2) is 11.5 Å². The summed E-state index contributed by atoms with van der Waals surface area (Å²) in [7, 11) is 1.60. The van der Waals surface area contributed by atoms with E-state index < -0.39 is 0 Å². The molecular weight excluding hydrogens is 230 g/mol. The number of anilines is 1. The van der Waals surface area contributed by atoms with Crippen molar-refractivity contribution in [1.29, 1.82) is 0 Å². The van der Waals surface area contributed by atoms with E-state index in [-0.39, 0.29) is 0 Å². The molecule has 0 unspecified atom stereocenters. The van der Waals surface area contributed by atoms with Crippen molar-refractivity contribution in [3.8, 4) is 11.5 Å². The Morgan fingerprint density at radius 1 is 1.11 bits per heavy atom. The smallest absolute Gasteiger partial charge is 0.162 e. The number of nitrogen functional groups attached to an aromatic ring is 1. The molecule has 0 spiro atoms. The highest BCUT2D eigenvalue weighted by atomic mass is 16.5. The minimum atomic E-state index is 0.512. The number of rotatable bonds is 8. The Bertz CT molecular complexity index is 353. The Kier molecular flexibility index (Phi) is 6.36. The van der Waals surface area contributed by atoms with Crippen molar-refractivity contribution < 1.29 is 14.2 Å². The van der Waals surface area contributed by atoms with Gasteiger partial charge < -0.3 is 19.9 Å². The van der Waals surface area contributed by atoms with Crippen molar-refractivity contribution in [3.05, 3.63) is 18.2 Å². The Morgan fingerprint density at radius 2 is 1.89 bits per heavy atom. The zero-order valence-electron chi connectivity index (χ0n) is 11.4.